The maximum atomic E-state index is 9.26. The number of pyridine rings is 1. The monoisotopic (exact) mass is 261 g/mol. The number of likely N-dealkylation sites (N-methyl/N-ethyl adjacent to an activating group) is 1. The normalized spacial score (nSPS) is 11.6. The second-order valence-electron chi connectivity index (χ2n) is 5.69. The summed E-state index contributed by atoms with van der Waals surface area (Å²) in [6, 6.07) is 4.15. The lowest BCUT2D eigenvalue weighted by atomic mass is 9.88. The third-order valence-corrected chi connectivity index (χ3v) is 3.04. The molecule has 19 heavy (non-hydrogen) atoms. The van der Waals surface area contributed by atoms with Crippen molar-refractivity contribution in [3.8, 4) is 6.07 Å². The fraction of sp³-hybridized carbons (Fsp3) is 0.600. The van der Waals surface area contributed by atoms with Crippen molar-refractivity contribution in [3.05, 3.63) is 29.1 Å². The van der Waals surface area contributed by atoms with Crippen molar-refractivity contribution >= 4 is 0 Å². The lowest BCUT2D eigenvalue weighted by molar-refractivity contribution is 0.196. The van der Waals surface area contributed by atoms with Gasteiger partial charge in [0.2, 0.25) is 0 Å². The molecule has 1 aromatic heterocycles. The van der Waals surface area contributed by atoms with Gasteiger partial charge in [-0.25, -0.2) is 0 Å². The number of nitrogens with zero attached hydrogens (tertiary/aromatic N) is 3. The van der Waals surface area contributed by atoms with Gasteiger partial charge < -0.3 is 5.11 Å². The minimum absolute atomic E-state index is 0.126. The van der Waals surface area contributed by atoms with Gasteiger partial charge >= 0.3 is 0 Å². The van der Waals surface area contributed by atoms with Crippen LogP contribution in [0, 0.1) is 11.3 Å². The molecule has 1 rings (SSSR count). The Kier molecular flexibility index (Phi) is 5.46. The highest BCUT2D eigenvalue weighted by Crippen LogP contribution is 2.24. The van der Waals surface area contributed by atoms with E-state index in [1.165, 1.54) is 0 Å². The summed E-state index contributed by atoms with van der Waals surface area (Å²) in [5.74, 6) is 0. The lowest BCUT2D eigenvalue weighted by Gasteiger charge is -2.22. The second-order valence-corrected chi connectivity index (χ2v) is 5.69. The first-order valence-electron chi connectivity index (χ1n) is 6.65. The maximum absolute atomic E-state index is 9.26. The zero-order valence-electron chi connectivity index (χ0n) is 12.3. The van der Waals surface area contributed by atoms with Gasteiger partial charge in [-0.1, -0.05) is 27.7 Å². The summed E-state index contributed by atoms with van der Waals surface area (Å²) >= 11 is 0. The maximum Gasteiger partial charge on any atom is 0.101 e. The first-order chi connectivity index (χ1) is 8.92. The average molecular weight is 261 g/mol. The predicted molar refractivity (Wildman–Crippen MR) is 75.7 cm³/mol. The molecule has 1 heterocycles. The molecule has 1 aromatic rings. The van der Waals surface area contributed by atoms with Crippen molar-refractivity contribution in [3.63, 3.8) is 0 Å². The van der Waals surface area contributed by atoms with Crippen LogP contribution in [0.15, 0.2) is 12.3 Å². The molecular weight excluding hydrogens is 238 g/mol. The number of aliphatic hydroxyl groups excluding tert-OH is 1. The molecule has 0 bridgehead atoms. The molecule has 0 fully saturated rings. The fourth-order valence-corrected chi connectivity index (χ4v) is 2.03. The Bertz CT molecular complexity index is 457. The van der Waals surface area contributed by atoms with Crippen molar-refractivity contribution in [2.45, 2.75) is 39.7 Å². The summed E-state index contributed by atoms with van der Waals surface area (Å²) in [6.07, 6.45) is 1.83. The van der Waals surface area contributed by atoms with E-state index >= 15 is 0 Å². The van der Waals surface area contributed by atoms with Gasteiger partial charge in [0.1, 0.15) is 6.07 Å². The van der Waals surface area contributed by atoms with E-state index in [4.69, 9.17) is 5.11 Å². The molecule has 4 heteroatoms. The lowest BCUT2D eigenvalue weighted by Crippen LogP contribution is -2.26. The van der Waals surface area contributed by atoms with Crippen LogP contribution < -0.4 is 0 Å². The molecule has 4 nitrogen and oxygen atoms in total. The topological polar surface area (TPSA) is 60.1 Å². The summed E-state index contributed by atoms with van der Waals surface area (Å²) in [5, 5.41) is 18.2. The van der Waals surface area contributed by atoms with Crippen LogP contribution in [0.4, 0.5) is 0 Å². The summed E-state index contributed by atoms with van der Waals surface area (Å²) in [4.78, 5) is 6.58. The third kappa shape index (κ3) is 4.30. The predicted octanol–water partition coefficient (Wildman–Crippen LogP) is 2.06. The zero-order valence-corrected chi connectivity index (χ0v) is 12.3. The van der Waals surface area contributed by atoms with Crippen LogP contribution in [0.5, 0.6) is 0 Å². The summed E-state index contributed by atoms with van der Waals surface area (Å²) in [6.45, 7) is 10.6. The van der Waals surface area contributed by atoms with Gasteiger partial charge in [0.15, 0.2) is 0 Å². The molecular formula is C15H23N3O. The van der Waals surface area contributed by atoms with Crippen LogP contribution in [0.2, 0.25) is 0 Å². The van der Waals surface area contributed by atoms with Crippen LogP contribution in [0.3, 0.4) is 0 Å². The van der Waals surface area contributed by atoms with Crippen LogP contribution in [-0.4, -0.2) is 34.7 Å². The molecule has 0 aromatic carbocycles. The van der Waals surface area contributed by atoms with Gasteiger partial charge in [-0.2, -0.15) is 5.26 Å². The fourth-order valence-electron chi connectivity index (χ4n) is 2.03. The number of hydrogen-bond acceptors (Lipinski definition) is 4. The van der Waals surface area contributed by atoms with E-state index in [2.05, 4.69) is 43.6 Å². The highest BCUT2D eigenvalue weighted by atomic mass is 16.3. The smallest absolute Gasteiger partial charge is 0.101 e. The quantitative estimate of drug-likeness (QED) is 0.881. The van der Waals surface area contributed by atoms with Crippen molar-refractivity contribution in [2.75, 3.05) is 19.7 Å². The van der Waals surface area contributed by atoms with E-state index in [0.717, 1.165) is 17.8 Å². The molecule has 0 radical (unpaired) electrons. The van der Waals surface area contributed by atoms with Crippen LogP contribution >= 0.6 is 0 Å². The Morgan fingerprint density at radius 2 is 2.11 bits per heavy atom. The Balaban J connectivity index is 2.98. The van der Waals surface area contributed by atoms with E-state index in [0.29, 0.717) is 18.7 Å². The molecule has 0 saturated heterocycles. The van der Waals surface area contributed by atoms with E-state index in [1.54, 1.807) is 0 Å². The van der Waals surface area contributed by atoms with Crippen LogP contribution in [0.25, 0.3) is 0 Å². The molecule has 0 aliphatic carbocycles. The molecule has 0 unspecified atom stereocenters. The van der Waals surface area contributed by atoms with E-state index < -0.39 is 0 Å². The van der Waals surface area contributed by atoms with Gasteiger partial charge in [0.05, 0.1) is 17.9 Å². The standard InChI is InChI=1S/C15H23N3O/c1-5-18(6-7-19)11-12-8-13(9-16)14(17-10-12)15(2,3)4/h8,10,19H,5-7,11H2,1-4H3. The van der Waals surface area contributed by atoms with Gasteiger partial charge in [-0.05, 0) is 18.2 Å². The second kappa shape index (κ2) is 6.65. The molecule has 0 aliphatic rings. The van der Waals surface area contributed by atoms with Gasteiger partial charge in [0.25, 0.3) is 0 Å². The molecule has 104 valence electrons. The zero-order chi connectivity index (χ0) is 14.5. The molecule has 0 spiro atoms. The summed E-state index contributed by atoms with van der Waals surface area (Å²) < 4.78 is 0. The molecule has 0 saturated carbocycles. The van der Waals surface area contributed by atoms with Crippen molar-refractivity contribution in [2.24, 2.45) is 0 Å². The molecule has 0 amide bonds. The minimum atomic E-state index is -0.126. The molecule has 1 N–H and O–H groups in total. The third-order valence-electron chi connectivity index (χ3n) is 3.04. The van der Waals surface area contributed by atoms with E-state index in [-0.39, 0.29) is 12.0 Å². The highest BCUT2D eigenvalue weighted by molar-refractivity contribution is 5.39. The number of nitriles is 1. The first kappa shape index (κ1) is 15.6. The molecule has 0 aliphatic heterocycles. The van der Waals surface area contributed by atoms with Crippen molar-refractivity contribution in [1.82, 2.24) is 9.88 Å². The van der Waals surface area contributed by atoms with E-state index in [9.17, 15) is 5.26 Å². The number of aromatic nitrogens is 1. The Morgan fingerprint density at radius 1 is 1.42 bits per heavy atom. The van der Waals surface area contributed by atoms with E-state index in [1.807, 2.05) is 12.3 Å². The largest absolute Gasteiger partial charge is 0.395 e. The average Bonchev–Trinajstić information content (AvgIpc) is 2.36. The Morgan fingerprint density at radius 3 is 2.58 bits per heavy atom. The van der Waals surface area contributed by atoms with Gasteiger partial charge in [-0.15, -0.1) is 0 Å². The van der Waals surface area contributed by atoms with Gasteiger partial charge in [-0.3, -0.25) is 9.88 Å². The SMILES string of the molecule is CCN(CCO)Cc1cnc(C(C)(C)C)c(C#N)c1. The number of aliphatic hydroxyl groups is 1. The highest BCUT2D eigenvalue weighted by Gasteiger charge is 2.20. The summed E-state index contributed by atoms with van der Waals surface area (Å²) in [7, 11) is 0. The Hall–Kier alpha value is -1.44. The van der Waals surface area contributed by atoms with Crippen LogP contribution in [0.1, 0.15) is 44.5 Å². The first-order valence-corrected chi connectivity index (χ1v) is 6.65. The number of hydrogen-bond donors (Lipinski definition) is 1. The van der Waals surface area contributed by atoms with Crippen LogP contribution in [-0.2, 0) is 12.0 Å². The number of rotatable bonds is 5. The minimum Gasteiger partial charge on any atom is -0.395 e. The summed E-state index contributed by atoms with van der Waals surface area (Å²) in [5.41, 5.74) is 2.37. The molecule has 0 atom stereocenters. The Labute approximate surface area is 115 Å². The van der Waals surface area contributed by atoms with Gasteiger partial charge in [0, 0.05) is 24.7 Å². The van der Waals surface area contributed by atoms with Crippen molar-refractivity contribution in [1.29, 1.82) is 5.26 Å². The van der Waals surface area contributed by atoms with Crippen molar-refractivity contribution < 1.29 is 5.11 Å².